The van der Waals surface area contributed by atoms with Crippen molar-refractivity contribution in [2.24, 2.45) is 0 Å². The van der Waals surface area contributed by atoms with Crippen LogP contribution in [0.3, 0.4) is 0 Å². The lowest BCUT2D eigenvalue weighted by Gasteiger charge is -2.28. The molecule has 0 atom stereocenters. The number of nitrogens with zero attached hydrogens (tertiary/aromatic N) is 2. The molecule has 4 nitrogen and oxygen atoms in total. The van der Waals surface area contributed by atoms with Crippen LogP contribution in [0.5, 0.6) is 5.75 Å². The van der Waals surface area contributed by atoms with Crippen molar-refractivity contribution < 1.29 is 5.11 Å². The van der Waals surface area contributed by atoms with Gasteiger partial charge >= 0.3 is 0 Å². The van der Waals surface area contributed by atoms with E-state index in [1.165, 1.54) is 0 Å². The van der Waals surface area contributed by atoms with Crippen molar-refractivity contribution in [3.05, 3.63) is 69.3 Å². The van der Waals surface area contributed by atoms with E-state index in [0.29, 0.717) is 11.1 Å². The Kier molecular flexibility index (Phi) is 4.64. The van der Waals surface area contributed by atoms with Crippen LogP contribution in [-0.4, -0.2) is 14.7 Å². The summed E-state index contributed by atoms with van der Waals surface area (Å²) >= 11 is 0. The molecule has 2 heterocycles. The van der Waals surface area contributed by atoms with E-state index >= 15 is 0 Å². The van der Waals surface area contributed by atoms with Crippen molar-refractivity contribution in [3.63, 3.8) is 0 Å². The standard InChI is InChI=1S/C26H30N2O2/c1-25(2,3)19-14-16(15-20(22(19)29)26(4,5)6)13-17-11-12-28-21-10-8-7-9-18(21)24(30)27-23(17)28/h7-10,13-15,29H,11-12H2,1-6H3/b17-13-. The van der Waals surface area contributed by atoms with Gasteiger partial charge in [0, 0.05) is 17.7 Å². The normalized spacial score (nSPS) is 15.7. The average molecular weight is 403 g/mol. The van der Waals surface area contributed by atoms with Gasteiger partial charge in [0.05, 0.1) is 10.9 Å². The van der Waals surface area contributed by atoms with Crippen LogP contribution in [0.1, 0.15) is 70.5 Å². The molecule has 3 aromatic rings. The molecule has 0 bridgehead atoms. The number of benzene rings is 2. The van der Waals surface area contributed by atoms with Gasteiger partial charge in [-0.1, -0.05) is 53.7 Å². The van der Waals surface area contributed by atoms with Gasteiger partial charge in [0.15, 0.2) is 0 Å². The minimum absolute atomic E-state index is 0.180. The number of fused-ring (bicyclic) bond motifs is 3. The molecule has 0 amide bonds. The van der Waals surface area contributed by atoms with E-state index in [-0.39, 0.29) is 16.4 Å². The van der Waals surface area contributed by atoms with Crippen LogP contribution in [0, 0.1) is 0 Å². The molecule has 2 aromatic carbocycles. The number of hydrogen-bond acceptors (Lipinski definition) is 3. The number of para-hydroxylation sites is 1. The van der Waals surface area contributed by atoms with E-state index in [0.717, 1.165) is 46.6 Å². The first-order valence-corrected chi connectivity index (χ1v) is 10.6. The molecule has 1 N–H and O–H groups in total. The fraction of sp³-hybridized carbons (Fsp3) is 0.385. The summed E-state index contributed by atoms with van der Waals surface area (Å²) in [6.45, 7) is 13.5. The van der Waals surface area contributed by atoms with E-state index in [2.05, 4.69) is 69.3 Å². The molecular formula is C26H30N2O2. The van der Waals surface area contributed by atoms with Crippen molar-refractivity contribution in [2.45, 2.75) is 65.3 Å². The first-order valence-electron chi connectivity index (χ1n) is 10.6. The Balaban J connectivity index is 1.92. The zero-order chi connectivity index (χ0) is 21.8. The highest BCUT2D eigenvalue weighted by Gasteiger charge is 2.27. The monoisotopic (exact) mass is 402 g/mol. The number of allylic oxidation sites excluding steroid dienone is 1. The Morgan fingerprint density at radius 2 is 1.60 bits per heavy atom. The lowest BCUT2D eigenvalue weighted by atomic mass is 9.78. The van der Waals surface area contributed by atoms with Gasteiger partial charge in [-0.2, -0.15) is 4.98 Å². The molecule has 1 aromatic heterocycles. The Morgan fingerprint density at radius 3 is 2.20 bits per heavy atom. The van der Waals surface area contributed by atoms with Gasteiger partial charge in [-0.15, -0.1) is 0 Å². The molecule has 0 spiro atoms. The molecule has 4 rings (SSSR count). The number of aromatic hydroxyl groups is 1. The molecule has 156 valence electrons. The van der Waals surface area contributed by atoms with Crippen LogP contribution in [0.4, 0.5) is 0 Å². The molecular weight excluding hydrogens is 372 g/mol. The summed E-state index contributed by atoms with van der Waals surface area (Å²) in [6.07, 6.45) is 2.96. The van der Waals surface area contributed by atoms with Gasteiger partial charge in [0.25, 0.3) is 5.56 Å². The minimum Gasteiger partial charge on any atom is -0.507 e. The quantitative estimate of drug-likeness (QED) is 0.573. The van der Waals surface area contributed by atoms with Gasteiger partial charge in [0.2, 0.25) is 0 Å². The molecule has 0 fully saturated rings. The molecule has 0 saturated carbocycles. The second-order valence-electron chi connectivity index (χ2n) is 10.3. The zero-order valence-corrected chi connectivity index (χ0v) is 18.7. The number of rotatable bonds is 1. The van der Waals surface area contributed by atoms with Gasteiger partial charge in [-0.25, -0.2) is 0 Å². The topological polar surface area (TPSA) is 55.1 Å². The van der Waals surface area contributed by atoms with Crippen LogP contribution < -0.4 is 5.56 Å². The third-order valence-corrected chi connectivity index (χ3v) is 5.87. The van der Waals surface area contributed by atoms with E-state index in [1.807, 2.05) is 24.3 Å². The molecule has 0 saturated heterocycles. The summed E-state index contributed by atoms with van der Waals surface area (Å²) in [5.41, 5.74) is 4.35. The third-order valence-electron chi connectivity index (χ3n) is 5.87. The summed E-state index contributed by atoms with van der Waals surface area (Å²) in [5.74, 6) is 1.13. The Morgan fingerprint density at radius 1 is 1.00 bits per heavy atom. The third kappa shape index (κ3) is 3.45. The van der Waals surface area contributed by atoms with E-state index in [1.54, 1.807) is 0 Å². The summed E-state index contributed by atoms with van der Waals surface area (Å²) in [7, 11) is 0. The SMILES string of the molecule is CC(C)(C)c1cc(/C=C2/CCn3c2nc(=O)c2ccccc23)cc(C(C)(C)C)c1O. The maximum Gasteiger partial charge on any atom is 0.281 e. The fourth-order valence-corrected chi connectivity index (χ4v) is 4.26. The summed E-state index contributed by atoms with van der Waals surface area (Å²) in [6, 6.07) is 11.8. The Bertz CT molecular complexity index is 1200. The van der Waals surface area contributed by atoms with Crippen LogP contribution in [0.2, 0.25) is 0 Å². The van der Waals surface area contributed by atoms with E-state index < -0.39 is 0 Å². The van der Waals surface area contributed by atoms with Crippen molar-refractivity contribution in [1.29, 1.82) is 0 Å². The molecule has 1 aliphatic heterocycles. The lowest BCUT2D eigenvalue weighted by molar-refractivity contribution is 0.423. The molecule has 1 aliphatic rings. The van der Waals surface area contributed by atoms with Gasteiger partial charge in [-0.05, 0) is 58.7 Å². The van der Waals surface area contributed by atoms with Gasteiger partial charge in [0.1, 0.15) is 11.6 Å². The second-order valence-corrected chi connectivity index (χ2v) is 10.3. The zero-order valence-electron chi connectivity index (χ0n) is 18.7. The number of hydrogen-bond donors (Lipinski definition) is 1. The van der Waals surface area contributed by atoms with Crippen molar-refractivity contribution in [2.75, 3.05) is 0 Å². The first-order chi connectivity index (χ1) is 14.0. The Labute approximate surface area is 177 Å². The fourth-order valence-electron chi connectivity index (χ4n) is 4.26. The van der Waals surface area contributed by atoms with Crippen LogP contribution >= 0.6 is 0 Å². The Hall–Kier alpha value is -2.88. The highest BCUT2D eigenvalue weighted by atomic mass is 16.3. The highest BCUT2D eigenvalue weighted by molar-refractivity contribution is 5.86. The van der Waals surface area contributed by atoms with Crippen LogP contribution in [-0.2, 0) is 17.4 Å². The molecule has 0 radical (unpaired) electrons. The number of aromatic nitrogens is 2. The summed E-state index contributed by atoms with van der Waals surface area (Å²) in [5, 5.41) is 11.6. The van der Waals surface area contributed by atoms with Crippen molar-refractivity contribution in [1.82, 2.24) is 9.55 Å². The van der Waals surface area contributed by atoms with Crippen LogP contribution in [0.25, 0.3) is 22.6 Å². The number of phenols is 1. The van der Waals surface area contributed by atoms with Gasteiger partial charge in [-0.3, -0.25) is 4.79 Å². The average Bonchev–Trinajstić information content (AvgIpc) is 3.04. The van der Waals surface area contributed by atoms with Crippen molar-refractivity contribution in [3.8, 4) is 5.75 Å². The predicted octanol–water partition coefficient (Wildman–Crippen LogP) is 5.64. The molecule has 0 aliphatic carbocycles. The smallest absolute Gasteiger partial charge is 0.281 e. The van der Waals surface area contributed by atoms with Crippen molar-refractivity contribution >= 4 is 22.6 Å². The maximum absolute atomic E-state index is 12.6. The largest absolute Gasteiger partial charge is 0.507 e. The molecule has 30 heavy (non-hydrogen) atoms. The lowest BCUT2D eigenvalue weighted by Crippen LogP contribution is -2.17. The number of phenolic OH excluding ortho intramolecular Hbond substituents is 1. The summed E-state index contributed by atoms with van der Waals surface area (Å²) < 4.78 is 2.14. The predicted molar refractivity (Wildman–Crippen MR) is 124 cm³/mol. The second kappa shape index (κ2) is 6.83. The first kappa shape index (κ1) is 20.4. The molecule has 0 unspecified atom stereocenters. The molecule has 4 heteroatoms. The minimum atomic E-state index is -0.183. The summed E-state index contributed by atoms with van der Waals surface area (Å²) in [4.78, 5) is 17.0. The van der Waals surface area contributed by atoms with Crippen LogP contribution in [0.15, 0.2) is 41.2 Å². The number of aryl methyl sites for hydroxylation is 1. The van der Waals surface area contributed by atoms with E-state index in [9.17, 15) is 9.90 Å². The van der Waals surface area contributed by atoms with E-state index in [4.69, 9.17) is 0 Å². The maximum atomic E-state index is 12.6. The highest BCUT2D eigenvalue weighted by Crippen LogP contribution is 2.41. The van der Waals surface area contributed by atoms with Gasteiger partial charge < -0.3 is 9.67 Å².